The molecule has 5 rings (SSSR count). The number of ether oxygens (including phenoxy) is 4. The molecule has 2 aliphatic heterocycles. The molecule has 10 nitrogen and oxygen atoms in total. The molecule has 0 N–H and O–H groups in total. The van der Waals surface area contributed by atoms with Crippen LogP contribution in [0.25, 0.3) is 5.69 Å². The van der Waals surface area contributed by atoms with E-state index >= 15 is 4.48 Å². The molecule has 14 heteroatoms. The van der Waals surface area contributed by atoms with Gasteiger partial charge in [0.25, 0.3) is 0 Å². The highest BCUT2D eigenvalue weighted by atomic mass is 79.9. The molecular weight excluding hydrogens is 630 g/mol. The van der Waals surface area contributed by atoms with Crippen LogP contribution in [0.5, 0.6) is 0 Å². The smallest absolute Gasteiger partial charge is 0.190 e. The molecule has 40 heavy (non-hydrogen) atoms. The van der Waals surface area contributed by atoms with Gasteiger partial charge in [0.05, 0.1) is 23.9 Å². The minimum Gasteiger partial charge on any atom is -0.368 e. The molecule has 2 saturated heterocycles. The summed E-state index contributed by atoms with van der Waals surface area (Å²) in [6, 6.07) is 13.2. The molecule has 2 aromatic carbocycles. The van der Waals surface area contributed by atoms with E-state index < -0.39 is 36.9 Å². The molecule has 2 aliphatic rings. The average Bonchev–Trinajstić information content (AvgIpc) is 3.56. The van der Waals surface area contributed by atoms with Gasteiger partial charge in [-0.2, -0.15) is 10.2 Å². The number of halogens is 4. The van der Waals surface area contributed by atoms with Crippen molar-refractivity contribution in [2.75, 3.05) is 13.2 Å². The second kappa shape index (κ2) is 13.0. The first kappa shape index (κ1) is 29.1. The number of nitrogens with zero attached hydrogens (tertiary/aromatic N) is 6. The number of aryl methyl sites for hydroxylation is 1. The molecule has 0 saturated carbocycles. The summed E-state index contributed by atoms with van der Waals surface area (Å²) in [5, 5.41) is 13.2. The van der Waals surface area contributed by atoms with Gasteiger partial charge in [-0.1, -0.05) is 80.0 Å². The van der Waals surface area contributed by atoms with Crippen molar-refractivity contribution in [3.05, 3.63) is 86.8 Å². The highest BCUT2D eigenvalue weighted by Gasteiger charge is 2.57. The summed E-state index contributed by atoms with van der Waals surface area (Å²) < 4.78 is 42.4. The summed E-state index contributed by atoms with van der Waals surface area (Å²) in [6.07, 6.45) is -2.99. The summed E-state index contributed by atoms with van der Waals surface area (Å²) in [4.78, 5) is 6.28. The predicted octanol–water partition coefficient (Wildman–Crippen LogP) is 6.63. The fourth-order valence-electron chi connectivity index (χ4n) is 4.61. The maximum absolute atomic E-state index is 15.8. The summed E-state index contributed by atoms with van der Waals surface area (Å²) in [6.45, 7) is 3.88. The second-order valence-electron chi connectivity index (χ2n) is 8.92. The number of aromatic nitrogens is 3. The van der Waals surface area contributed by atoms with Gasteiger partial charge in [0.2, 0.25) is 0 Å². The fourth-order valence-corrected chi connectivity index (χ4v) is 5.12. The minimum atomic E-state index is -1.13. The van der Waals surface area contributed by atoms with Gasteiger partial charge in [0, 0.05) is 10.6 Å². The van der Waals surface area contributed by atoms with E-state index in [1.165, 1.54) is 4.68 Å². The van der Waals surface area contributed by atoms with Gasteiger partial charge in [-0.05, 0) is 42.3 Å². The average molecular weight is 656 g/mol. The highest BCUT2D eigenvalue weighted by Crippen LogP contribution is 2.45. The third-order valence-corrected chi connectivity index (χ3v) is 7.20. The fraction of sp³-hybridized carbons (Fsp3) is 0.385. The Hall–Kier alpha value is -2.45. The predicted molar refractivity (Wildman–Crippen MR) is 149 cm³/mol. The third kappa shape index (κ3) is 6.08. The summed E-state index contributed by atoms with van der Waals surface area (Å²) in [5.74, 6) is 0.742. The largest absolute Gasteiger partial charge is 0.368 e. The van der Waals surface area contributed by atoms with Crippen molar-refractivity contribution in [3.8, 4) is 5.69 Å². The van der Waals surface area contributed by atoms with Crippen LogP contribution in [0.1, 0.15) is 36.5 Å². The van der Waals surface area contributed by atoms with Crippen LogP contribution in [0.15, 0.2) is 69.9 Å². The van der Waals surface area contributed by atoms with Crippen LogP contribution >= 0.6 is 39.1 Å². The van der Waals surface area contributed by atoms with Crippen molar-refractivity contribution in [2.45, 2.75) is 50.8 Å². The first-order valence-electron chi connectivity index (χ1n) is 12.5. The van der Waals surface area contributed by atoms with E-state index in [0.717, 1.165) is 5.56 Å². The Morgan fingerprint density at radius 1 is 1.18 bits per heavy atom. The molecule has 3 heterocycles. The van der Waals surface area contributed by atoms with Crippen molar-refractivity contribution in [1.82, 2.24) is 20.0 Å². The van der Waals surface area contributed by atoms with E-state index in [-0.39, 0.29) is 18.4 Å². The van der Waals surface area contributed by atoms with E-state index in [9.17, 15) is 0 Å². The molecule has 1 aromatic heterocycles. The summed E-state index contributed by atoms with van der Waals surface area (Å²) >= 11 is 16.1. The molecule has 0 aliphatic carbocycles. The standard InChI is InChI=1S/C26H26BrCl2FN6O4/c1-3-31-34-36(30)20-21(37-13-7-12-27)23(39-26-22(20)38-25(40-26)16-8-5-4-6-9-16)24-32-15(2)33-35(24)19-14-17(28)10-11-18(19)29/h4-12,14,20-23,25-26H,3,13H2,1-2H3/b12-7+,34-31-. The van der Waals surface area contributed by atoms with Crippen LogP contribution in [-0.2, 0) is 18.9 Å². The topological polar surface area (TPSA) is 95.6 Å². The van der Waals surface area contributed by atoms with Crippen LogP contribution in [0.4, 0.5) is 4.48 Å². The molecule has 6 unspecified atom stereocenters. The second-order valence-corrected chi connectivity index (χ2v) is 10.3. The third-order valence-electron chi connectivity index (χ3n) is 6.27. The normalized spacial score (nSPS) is 26.6. The quantitative estimate of drug-likeness (QED) is 0.145. The van der Waals surface area contributed by atoms with E-state index in [1.54, 1.807) is 43.1 Å². The van der Waals surface area contributed by atoms with Gasteiger partial charge in [-0.3, -0.25) is 0 Å². The van der Waals surface area contributed by atoms with Gasteiger partial charge in [0.15, 0.2) is 18.4 Å². The van der Waals surface area contributed by atoms with Crippen molar-refractivity contribution in [3.63, 3.8) is 0 Å². The SMILES string of the molecule is CC/N=N\N(F)C1C2OC(c3ccccc3)OC2OC(c2nc(C)nn2-c2cc(Cl)ccc2Cl)C1OC/C=C/Br. The van der Waals surface area contributed by atoms with Crippen LogP contribution in [0.2, 0.25) is 10.0 Å². The molecule has 0 radical (unpaired) electrons. The lowest BCUT2D eigenvalue weighted by Crippen LogP contribution is -2.58. The Bertz CT molecular complexity index is 1370. The maximum atomic E-state index is 15.8. The molecule has 6 atom stereocenters. The van der Waals surface area contributed by atoms with Gasteiger partial charge >= 0.3 is 0 Å². The number of hydrogen-bond donors (Lipinski definition) is 0. The van der Waals surface area contributed by atoms with E-state index in [1.807, 2.05) is 30.3 Å². The molecule has 0 bridgehead atoms. The van der Waals surface area contributed by atoms with E-state index in [4.69, 9.17) is 42.1 Å². The van der Waals surface area contributed by atoms with Crippen LogP contribution < -0.4 is 0 Å². The van der Waals surface area contributed by atoms with E-state index in [2.05, 4.69) is 36.4 Å². The maximum Gasteiger partial charge on any atom is 0.190 e. The molecule has 0 amide bonds. The molecule has 0 spiro atoms. The Kier molecular flexibility index (Phi) is 9.46. The number of hydrogen-bond acceptors (Lipinski definition) is 8. The Balaban J connectivity index is 1.60. The zero-order chi connectivity index (χ0) is 28.2. The lowest BCUT2D eigenvalue weighted by molar-refractivity contribution is -0.268. The minimum absolute atomic E-state index is 0.121. The molecular formula is C26H26BrCl2FN6O4. The van der Waals surface area contributed by atoms with Crippen molar-refractivity contribution >= 4 is 39.1 Å². The Morgan fingerprint density at radius 3 is 2.73 bits per heavy atom. The number of benzene rings is 2. The van der Waals surface area contributed by atoms with Crippen molar-refractivity contribution < 1.29 is 23.4 Å². The van der Waals surface area contributed by atoms with Crippen LogP contribution in [-0.4, -0.2) is 57.7 Å². The first-order valence-corrected chi connectivity index (χ1v) is 14.2. The monoisotopic (exact) mass is 654 g/mol. The van der Waals surface area contributed by atoms with Gasteiger partial charge in [-0.25, -0.2) is 9.67 Å². The summed E-state index contributed by atoms with van der Waals surface area (Å²) in [7, 11) is 0. The molecule has 2 fully saturated rings. The Labute approximate surface area is 248 Å². The summed E-state index contributed by atoms with van der Waals surface area (Å²) in [5.41, 5.74) is 1.22. The zero-order valence-corrected chi connectivity index (χ0v) is 24.6. The van der Waals surface area contributed by atoms with Crippen LogP contribution in [0, 0.1) is 6.92 Å². The lowest BCUT2D eigenvalue weighted by Gasteiger charge is -2.42. The van der Waals surface area contributed by atoms with Gasteiger partial charge in [0.1, 0.15) is 30.2 Å². The van der Waals surface area contributed by atoms with Gasteiger partial charge in [-0.15, -0.1) is 5.23 Å². The van der Waals surface area contributed by atoms with E-state index in [0.29, 0.717) is 27.4 Å². The van der Waals surface area contributed by atoms with Crippen molar-refractivity contribution in [2.24, 2.45) is 10.3 Å². The molecule has 212 valence electrons. The zero-order valence-electron chi connectivity index (χ0n) is 21.5. The van der Waals surface area contributed by atoms with Crippen molar-refractivity contribution in [1.29, 1.82) is 0 Å². The van der Waals surface area contributed by atoms with Crippen LogP contribution in [0.3, 0.4) is 0 Å². The first-order chi connectivity index (χ1) is 19.4. The van der Waals surface area contributed by atoms with Gasteiger partial charge < -0.3 is 18.9 Å². The number of rotatable bonds is 9. The Morgan fingerprint density at radius 2 is 1.98 bits per heavy atom. The number of fused-ring (bicyclic) bond motifs is 1. The lowest BCUT2D eigenvalue weighted by atomic mass is 9.95. The molecule has 3 aromatic rings. The highest BCUT2D eigenvalue weighted by molar-refractivity contribution is 9.11.